The van der Waals surface area contributed by atoms with Gasteiger partial charge in [0.1, 0.15) is 5.76 Å². The number of carbonyl (C=O) groups is 1. The molecule has 0 bridgehead atoms. The first-order valence-electron chi connectivity index (χ1n) is 9.09. The Morgan fingerprint density at radius 2 is 2.00 bits per heavy atom. The maximum atomic E-state index is 12.9. The summed E-state index contributed by atoms with van der Waals surface area (Å²) in [6, 6.07) is 4.58. The van der Waals surface area contributed by atoms with E-state index in [9.17, 15) is 18.0 Å². The minimum Gasteiger partial charge on any atom is -0.361 e. The summed E-state index contributed by atoms with van der Waals surface area (Å²) in [4.78, 5) is 14.6. The molecule has 1 aliphatic rings. The molecule has 0 unspecified atom stereocenters. The molecule has 0 amide bonds. The molecule has 1 atom stereocenters. The Labute approximate surface area is 166 Å². The van der Waals surface area contributed by atoms with E-state index in [1.54, 1.807) is 11.0 Å². The minimum atomic E-state index is -4.46. The average molecular weight is 415 g/mol. The van der Waals surface area contributed by atoms with Gasteiger partial charge in [-0.25, -0.2) is 0 Å². The first-order chi connectivity index (χ1) is 13.0. The van der Waals surface area contributed by atoms with Gasteiger partial charge < -0.3 is 9.42 Å². The molecule has 4 nitrogen and oxygen atoms in total. The van der Waals surface area contributed by atoms with Crippen LogP contribution in [0.1, 0.15) is 50.6 Å². The lowest BCUT2D eigenvalue weighted by Gasteiger charge is -2.27. The van der Waals surface area contributed by atoms with Crippen molar-refractivity contribution in [2.45, 2.75) is 57.7 Å². The van der Waals surface area contributed by atoms with Gasteiger partial charge in [0.05, 0.1) is 34.4 Å². The van der Waals surface area contributed by atoms with Crippen LogP contribution >= 0.6 is 11.6 Å². The Hall–Kier alpha value is -2.02. The van der Waals surface area contributed by atoms with Gasteiger partial charge in [-0.15, -0.1) is 0 Å². The quantitative estimate of drug-likeness (QED) is 0.669. The Morgan fingerprint density at radius 1 is 1.29 bits per heavy atom. The van der Waals surface area contributed by atoms with Crippen molar-refractivity contribution in [1.29, 1.82) is 0 Å². The van der Waals surface area contributed by atoms with Gasteiger partial charge in [0.15, 0.2) is 5.78 Å². The SMILES string of the molecule is CC(C)(C)c1cc(CC(=O)[C@@H]2CCCN2c2ccc(C(F)(F)F)cc2Cl)no1. The number of nitrogens with zero attached hydrogens (tertiary/aromatic N) is 2. The number of benzene rings is 1. The molecule has 1 fully saturated rings. The van der Waals surface area contributed by atoms with Crippen molar-refractivity contribution in [3.8, 4) is 0 Å². The third-order valence-electron chi connectivity index (χ3n) is 4.86. The van der Waals surface area contributed by atoms with E-state index >= 15 is 0 Å². The molecule has 1 aromatic carbocycles. The Kier molecular flexibility index (Phi) is 5.49. The summed E-state index contributed by atoms with van der Waals surface area (Å²) in [7, 11) is 0. The fourth-order valence-corrected chi connectivity index (χ4v) is 3.64. The lowest BCUT2D eigenvalue weighted by molar-refractivity contribution is -0.137. The molecule has 0 N–H and O–H groups in total. The van der Waals surface area contributed by atoms with Crippen molar-refractivity contribution in [3.05, 3.63) is 46.3 Å². The van der Waals surface area contributed by atoms with Crippen molar-refractivity contribution in [3.63, 3.8) is 0 Å². The molecule has 0 saturated carbocycles. The molecule has 8 heteroatoms. The first kappa shape index (κ1) is 20.7. The number of carbonyl (C=O) groups excluding carboxylic acids is 1. The monoisotopic (exact) mass is 414 g/mol. The molecule has 1 saturated heterocycles. The third kappa shape index (κ3) is 4.35. The highest BCUT2D eigenvalue weighted by molar-refractivity contribution is 6.33. The molecule has 2 aromatic rings. The number of aromatic nitrogens is 1. The van der Waals surface area contributed by atoms with Crippen LogP contribution in [0.4, 0.5) is 18.9 Å². The average Bonchev–Trinajstić information content (AvgIpc) is 3.22. The fourth-order valence-electron chi connectivity index (χ4n) is 3.35. The molecule has 152 valence electrons. The standard InChI is InChI=1S/C20H22ClF3N2O2/c1-19(2,3)18-11-13(25-28-18)10-17(27)16-5-4-8-26(16)15-7-6-12(9-14(15)21)20(22,23)24/h6-7,9,11,16H,4-5,8,10H2,1-3H3/t16-/m0/s1. The van der Waals surface area contributed by atoms with Crippen LogP contribution in [0.25, 0.3) is 0 Å². The number of hydrogen-bond donors (Lipinski definition) is 0. The molecular weight excluding hydrogens is 393 g/mol. The number of rotatable bonds is 4. The maximum Gasteiger partial charge on any atom is 0.416 e. The second-order valence-corrected chi connectivity index (χ2v) is 8.50. The molecule has 3 rings (SSSR count). The summed E-state index contributed by atoms with van der Waals surface area (Å²) in [5, 5.41) is 3.97. The van der Waals surface area contributed by atoms with Gasteiger partial charge in [-0.3, -0.25) is 4.79 Å². The second kappa shape index (κ2) is 7.43. The van der Waals surface area contributed by atoms with E-state index in [2.05, 4.69) is 5.16 Å². The lowest BCUT2D eigenvalue weighted by atomic mass is 9.93. The fraction of sp³-hybridized carbons (Fsp3) is 0.500. The summed E-state index contributed by atoms with van der Waals surface area (Å²) in [6.07, 6.45) is -2.96. The van der Waals surface area contributed by atoms with E-state index in [0.29, 0.717) is 30.1 Å². The Bertz CT molecular complexity index is 871. The molecule has 1 aliphatic heterocycles. The van der Waals surface area contributed by atoms with E-state index < -0.39 is 17.8 Å². The molecule has 0 spiro atoms. The zero-order valence-corrected chi connectivity index (χ0v) is 16.7. The number of Topliss-reactive ketones (excluding diaryl/α,β-unsaturated/α-hetero) is 1. The first-order valence-corrected chi connectivity index (χ1v) is 9.47. The van der Waals surface area contributed by atoms with Crippen molar-refractivity contribution in [1.82, 2.24) is 5.16 Å². The smallest absolute Gasteiger partial charge is 0.361 e. The van der Waals surface area contributed by atoms with Gasteiger partial charge in [-0.2, -0.15) is 13.2 Å². The van der Waals surface area contributed by atoms with Gasteiger partial charge in [0.2, 0.25) is 0 Å². The maximum absolute atomic E-state index is 12.9. The van der Waals surface area contributed by atoms with Crippen molar-refractivity contribution < 1.29 is 22.5 Å². The summed E-state index contributed by atoms with van der Waals surface area (Å²) in [5.74, 6) is 0.645. The zero-order chi connectivity index (χ0) is 20.7. The van der Waals surface area contributed by atoms with Crippen LogP contribution in [0, 0.1) is 0 Å². The molecule has 0 aliphatic carbocycles. The van der Waals surface area contributed by atoms with Crippen LogP contribution in [0.2, 0.25) is 5.02 Å². The van der Waals surface area contributed by atoms with Crippen LogP contribution in [-0.4, -0.2) is 23.5 Å². The van der Waals surface area contributed by atoms with Crippen molar-refractivity contribution in [2.75, 3.05) is 11.4 Å². The minimum absolute atomic E-state index is 0.00835. The van der Waals surface area contributed by atoms with Crippen LogP contribution in [-0.2, 0) is 22.8 Å². The topological polar surface area (TPSA) is 46.3 Å². The predicted octanol–water partition coefficient (Wildman–Crippen LogP) is 5.42. The number of anilines is 1. The van der Waals surface area contributed by atoms with E-state index in [1.165, 1.54) is 6.07 Å². The largest absolute Gasteiger partial charge is 0.416 e. The van der Waals surface area contributed by atoms with E-state index in [1.807, 2.05) is 20.8 Å². The van der Waals surface area contributed by atoms with E-state index in [4.69, 9.17) is 16.1 Å². The number of ketones is 1. The number of halogens is 4. The number of alkyl halides is 3. The second-order valence-electron chi connectivity index (χ2n) is 8.09. The van der Waals surface area contributed by atoms with Gasteiger partial charge >= 0.3 is 6.18 Å². The van der Waals surface area contributed by atoms with Crippen molar-refractivity contribution in [2.24, 2.45) is 0 Å². The summed E-state index contributed by atoms with van der Waals surface area (Å²) in [5.41, 5.74) is -0.0106. The molecule has 28 heavy (non-hydrogen) atoms. The Morgan fingerprint density at radius 3 is 2.57 bits per heavy atom. The molecule has 0 radical (unpaired) electrons. The van der Waals surface area contributed by atoms with Crippen molar-refractivity contribution >= 4 is 23.1 Å². The molecule has 2 heterocycles. The zero-order valence-electron chi connectivity index (χ0n) is 15.9. The predicted molar refractivity (Wildman–Crippen MR) is 101 cm³/mol. The van der Waals surface area contributed by atoms with Crippen LogP contribution in [0.15, 0.2) is 28.8 Å². The summed E-state index contributed by atoms with van der Waals surface area (Å²) in [6.45, 7) is 6.53. The van der Waals surface area contributed by atoms with Gasteiger partial charge in [0.25, 0.3) is 0 Å². The molecule has 1 aromatic heterocycles. The third-order valence-corrected chi connectivity index (χ3v) is 5.17. The normalized spacial score (nSPS) is 18.0. The highest BCUT2D eigenvalue weighted by Gasteiger charge is 2.35. The number of hydrogen-bond acceptors (Lipinski definition) is 4. The molecular formula is C20H22ClF3N2O2. The Balaban J connectivity index is 1.77. The van der Waals surface area contributed by atoms with E-state index in [-0.39, 0.29) is 22.6 Å². The van der Waals surface area contributed by atoms with E-state index in [0.717, 1.165) is 18.6 Å². The summed E-state index contributed by atoms with van der Waals surface area (Å²) < 4.78 is 43.9. The highest BCUT2D eigenvalue weighted by Crippen LogP contribution is 2.37. The van der Waals surface area contributed by atoms with Crippen LogP contribution in [0.3, 0.4) is 0 Å². The van der Waals surface area contributed by atoms with Gasteiger partial charge in [-0.1, -0.05) is 37.5 Å². The van der Waals surface area contributed by atoms with Crippen LogP contribution in [0.5, 0.6) is 0 Å². The van der Waals surface area contributed by atoms with Gasteiger partial charge in [-0.05, 0) is 31.0 Å². The summed E-state index contributed by atoms with van der Waals surface area (Å²) >= 11 is 6.12. The highest BCUT2D eigenvalue weighted by atomic mass is 35.5. The lowest BCUT2D eigenvalue weighted by Crippen LogP contribution is -2.37. The van der Waals surface area contributed by atoms with Gasteiger partial charge in [0, 0.05) is 18.0 Å². The van der Waals surface area contributed by atoms with Crippen LogP contribution < -0.4 is 4.90 Å².